The largest absolute Gasteiger partial charge is 0.502 e. The van der Waals surface area contributed by atoms with Gasteiger partial charge in [-0.15, -0.1) is 0 Å². The highest BCUT2D eigenvalue weighted by Gasteiger charge is 2.15. The van der Waals surface area contributed by atoms with E-state index in [2.05, 4.69) is 5.32 Å². The van der Waals surface area contributed by atoms with Gasteiger partial charge in [0.2, 0.25) is 0 Å². The van der Waals surface area contributed by atoms with Crippen molar-refractivity contribution in [1.82, 2.24) is 9.88 Å². The number of hydrogen-bond acceptors (Lipinski definition) is 4. The summed E-state index contributed by atoms with van der Waals surface area (Å²) in [5.74, 6) is -2.23. The highest BCUT2D eigenvalue weighted by molar-refractivity contribution is 6.42. The first kappa shape index (κ1) is 23.4. The van der Waals surface area contributed by atoms with Crippen molar-refractivity contribution in [2.24, 2.45) is 0 Å². The number of pyridine rings is 1. The maximum absolute atomic E-state index is 12.5. The second-order valence-corrected chi connectivity index (χ2v) is 7.94. The Morgan fingerprint density at radius 2 is 1.66 bits per heavy atom. The van der Waals surface area contributed by atoms with Crippen molar-refractivity contribution < 1.29 is 19.8 Å². The van der Waals surface area contributed by atoms with Gasteiger partial charge in [-0.25, -0.2) is 4.79 Å². The van der Waals surface area contributed by atoms with Gasteiger partial charge < -0.3 is 20.1 Å². The number of carbonyl (C=O) groups is 2. The van der Waals surface area contributed by atoms with Crippen LogP contribution in [0.4, 0.5) is 0 Å². The summed E-state index contributed by atoms with van der Waals surface area (Å²) in [4.78, 5) is 35.8. The summed E-state index contributed by atoms with van der Waals surface area (Å²) in [5.41, 5.74) is 0.972. The summed E-state index contributed by atoms with van der Waals surface area (Å²) >= 11 is 11.9. The monoisotopic (exact) mass is 474 g/mol. The number of carboxylic acids is 1. The second-order valence-electron chi connectivity index (χ2n) is 7.12. The van der Waals surface area contributed by atoms with Crippen molar-refractivity contribution in [3.63, 3.8) is 0 Å². The van der Waals surface area contributed by atoms with Gasteiger partial charge in [0.15, 0.2) is 5.75 Å². The fourth-order valence-electron chi connectivity index (χ4n) is 3.10. The van der Waals surface area contributed by atoms with Gasteiger partial charge in [0.05, 0.1) is 27.7 Å². The summed E-state index contributed by atoms with van der Waals surface area (Å²) in [6.45, 7) is 0.468. The number of rotatable bonds is 8. The fraction of sp³-hybridized carbons (Fsp3) is 0.174. The number of aryl methyl sites for hydroxylation is 1. The molecule has 2 aromatic carbocycles. The highest BCUT2D eigenvalue weighted by atomic mass is 35.5. The first-order chi connectivity index (χ1) is 15.3. The van der Waals surface area contributed by atoms with Crippen molar-refractivity contribution in [2.45, 2.75) is 19.4 Å². The smallest absolute Gasteiger partial charge is 0.335 e. The number of amides is 1. The van der Waals surface area contributed by atoms with E-state index < -0.39 is 23.2 Å². The van der Waals surface area contributed by atoms with Crippen molar-refractivity contribution >= 4 is 35.1 Å². The van der Waals surface area contributed by atoms with Crippen molar-refractivity contribution in [3.05, 3.63) is 97.4 Å². The van der Waals surface area contributed by atoms with E-state index in [1.165, 1.54) is 29.0 Å². The van der Waals surface area contributed by atoms with Gasteiger partial charge in [-0.1, -0.05) is 41.4 Å². The molecule has 0 fully saturated rings. The van der Waals surface area contributed by atoms with Gasteiger partial charge in [-0.3, -0.25) is 9.59 Å². The van der Waals surface area contributed by atoms with Crippen LogP contribution in [0.1, 0.15) is 38.3 Å². The van der Waals surface area contributed by atoms with Crippen LogP contribution < -0.4 is 10.9 Å². The predicted molar refractivity (Wildman–Crippen MR) is 122 cm³/mol. The lowest BCUT2D eigenvalue weighted by Crippen LogP contribution is -2.28. The lowest BCUT2D eigenvalue weighted by atomic mass is 10.1. The van der Waals surface area contributed by atoms with E-state index in [1.54, 1.807) is 24.3 Å². The van der Waals surface area contributed by atoms with E-state index in [9.17, 15) is 19.5 Å². The Bertz CT molecular complexity index is 1210. The van der Waals surface area contributed by atoms with Gasteiger partial charge in [0.25, 0.3) is 11.5 Å². The van der Waals surface area contributed by atoms with Crippen LogP contribution in [0, 0.1) is 0 Å². The van der Waals surface area contributed by atoms with Crippen LogP contribution in [0.3, 0.4) is 0 Å². The molecule has 0 saturated heterocycles. The summed E-state index contributed by atoms with van der Waals surface area (Å²) in [5, 5.41) is 22.8. The second kappa shape index (κ2) is 10.3. The van der Waals surface area contributed by atoms with Gasteiger partial charge in [0, 0.05) is 12.7 Å². The Labute approximate surface area is 193 Å². The van der Waals surface area contributed by atoms with E-state index >= 15 is 0 Å². The van der Waals surface area contributed by atoms with E-state index in [4.69, 9.17) is 28.3 Å². The van der Waals surface area contributed by atoms with E-state index in [0.717, 1.165) is 5.56 Å². The predicted octanol–water partition coefficient (Wildman–Crippen LogP) is 3.97. The zero-order chi connectivity index (χ0) is 23.3. The molecule has 166 valence electrons. The number of hydrogen-bond donors (Lipinski definition) is 3. The molecule has 0 radical (unpaired) electrons. The van der Waals surface area contributed by atoms with E-state index in [1.807, 2.05) is 6.07 Å². The Hall–Kier alpha value is -3.29. The Morgan fingerprint density at radius 1 is 0.969 bits per heavy atom. The molecule has 1 heterocycles. The molecule has 32 heavy (non-hydrogen) atoms. The normalized spacial score (nSPS) is 10.7. The van der Waals surface area contributed by atoms with Crippen LogP contribution in [0.25, 0.3) is 0 Å². The summed E-state index contributed by atoms with van der Waals surface area (Å²) in [7, 11) is 0. The molecular weight excluding hydrogens is 455 g/mol. The minimum atomic E-state index is -1.04. The SMILES string of the molecule is O=C(O)c1ccc(Cn2ccc(C(=O)NCCCc3ccc(Cl)c(Cl)c3)c(O)c2=O)cc1. The zero-order valence-corrected chi connectivity index (χ0v) is 18.4. The summed E-state index contributed by atoms with van der Waals surface area (Å²) in [6, 6.07) is 12.7. The van der Waals surface area contributed by atoms with Crippen LogP contribution in [-0.2, 0) is 13.0 Å². The molecular formula is C23H20Cl2N2O5. The third-order valence-electron chi connectivity index (χ3n) is 4.85. The number of halogens is 2. The summed E-state index contributed by atoms with van der Waals surface area (Å²) < 4.78 is 1.24. The molecule has 9 heteroatoms. The minimum absolute atomic E-state index is 0.109. The first-order valence-corrected chi connectivity index (χ1v) is 10.5. The highest BCUT2D eigenvalue weighted by Crippen LogP contribution is 2.23. The third-order valence-corrected chi connectivity index (χ3v) is 5.59. The summed E-state index contributed by atoms with van der Waals surface area (Å²) in [6.07, 6.45) is 2.72. The molecule has 1 aromatic heterocycles. The van der Waals surface area contributed by atoms with Gasteiger partial charge in [-0.05, 0) is 54.3 Å². The molecule has 3 rings (SSSR count). The van der Waals surface area contributed by atoms with Gasteiger partial charge in [-0.2, -0.15) is 0 Å². The standard InChI is InChI=1S/C23H20Cl2N2O5/c24-18-8-5-14(12-19(18)25)2-1-10-26-21(29)17-9-11-27(22(30)20(17)28)13-15-3-6-16(7-4-15)23(31)32/h3-9,11-12,28H,1-2,10,13H2,(H,26,29)(H,31,32). The van der Waals surface area contributed by atoms with Crippen LogP contribution in [-0.4, -0.2) is 33.2 Å². The Balaban J connectivity index is 1.59. The fourth-order valence-corrected chi connectivity index (χ4v) is 3.43. The van der Waals surface area contributed by atoms with Crippen molar-refractivity contribution in [2.75, 3.05) is 6.54 Å². The lowest BCUT2D eigenvalue weighted by Gasteiger charge is -2.10. The molecule has 0 aliphatic rings. The average Bonchev–Trinajstić information content (AvgIpc) is 2.77. The molecule has 3 N–H and O–H groups in total. The number of nitrogens with one attached hydrogen (secondary N) is 1. The number of benzene rings is 2. The maximum Gasteiger partial charge on any atom is 0.335 e. The van der Waals surface area contributed by atoms with Crippen molar-refractivity contribution in [3.8, 4) is 5.75 Å². The lowest BCUT2D eigenvalue weighted by molar-refractivity contribution is 0.0696. The van der Waals surface area contributed by atoms with Crippen LogP contribution in [0.15, 0.2) is 59.5 Å². The average molecular weight is 475 g/mol. The van der Waals surface area contributed by atoms with E-state index in [-0.39, 0.29) is 17.7 Å². The number of aromatic hydroxyl groups is 1. The molecule has 0 spiro atoms. The van der Waals surface area contributed by atoms with Crippen LogP contribution in [0.2, 0.25) is 10.0 Å². The molecule has 7 nitrogen and oxygen atoms in total. The van der Waals surface area contributed by atoms with Crippen molar-refractivity contribution in [1.29, 1.82) is 0 Å². The Morgan fingerprint density at radius 3 is 2.31 bits per heavy atom. The quantitative estimate of drug-likeness (QED) is 0.428. The number of aromatic carboxylic acids is 1. The minimum Gasteiger partial charge on any atom is -0.502 e. The number of carbonyl (C=O) groups excluding carboxylic acids is 1. The molecule has 0 unspecified atom stereocenters. The van der Waals surface area contributed by atoms with Gasteiger partial charge in [0.1, 0.15) is 0 Å². The number of aromatic nitrogens is 1. The molecule has 0 aliphatic heterocycles. The molecule has 0 aliphatic carbocycles. The molecule has 1 amide bonds. The van der Waals surface area contributed by atoms with Gasteiger partial charge >= 0.3 is 5.97 Å². The number of nitrogens with zero attached hydrogens (tertiary/aromatic N) is 1. The van der Waals surface area contributed by atoms with Crippen LogP contribution >= 0.6 is 23.2 Å². The molecule has 3 aromatic rings. The molecule has 0 saturated carbocycles. The maximum atomic E-state index is 12.5. The molecule has 0 bridgehead atoms. The van der Waals surface area contributed by atoms with Crippen LogP contribution in [0.5, 0.6) is 5.75 Å². The molecule has 0 atom stereocenters. The number of carboxylic acid groups (broad SMARTS) is 1. The Kier molecular flexibility index (Phi) is 7.56. The van der Waals surface area contributed by atoms with E-state index in [0.29, 0.717) is 35.0 Å². The zero-order valence-electron chi connectivity index (χ0n) is 16.8. The first-order valence-electron chi connectivity index (χ1n) is 9.73. The third kappa shape index (κ3) is 5.69. The topological polar surface area (TPSA) is 109 Å².